The number of amides is 1. The van der Waals surface area contributed by atoms with Gasteiger partial charge in [0.2, 0.25) is 5.91 Å². The number of pyridine rings is 2. The first-order chi connectivity index (χ1) is 16.8. The zero-order chi connectivity index (χ0) is 24.5. The third-order valence-electron chi connectivity index (χ3n) is 6.29. The van der Waals surface area contributed by atoms with E-state index in [-0.39, 0.29) is 23.8 Å². The van der Waals surface area contributed by atoms with Crippen molar-refractivity contribution in [2.24, 2.45) is 5.92 Å². The van der Waals surface area contributed by atoms with E-state index in [2.05, 4.69) is 37.0 Å². The van der Waals surface area contributed by atoms with Gasteiger partial charge in [0.25, 0.3) is 0 Å². The molecule has 0 aliphatic heterocycles. The predicted octanol–water partition coefficient (Wildman–Crippen LogP) is 4.26. The summed E-state index contributed by atoms with van der Waals surface area (Å²) in [5.41, 5.74) is 3.95. The van der Waals surface area contributed by atoms with Gasteiger partial charge < -0.3 is 10.6 Å². The number of nitrogens with one attached hydrogen (secondary N) is 3. The lowest BCUT2D eigenvalue weighted by Gasteiger charge is -2.35. The van der Waals surface area contributed by atoms with Crippen LogP contribution in [0, 0.1) is 25.6 Å². The average Bonchev–Trinajstić information content (AvgIpc) is 3.40. The topological polar surface area (TPSA) is 113 Å². The number of nitrogens with zero attached hydrogens (tertiary/aromatic N) is 5. The fourth-order valence-electron chi connectivity index (χ4n) is 4.28. The van der Waals surface area contributed by atoms with Crippen molar-refractivity contribution >= 4 is 17.5 Å². The van der Waals surface area contributed by atoms with E-state index in [1.54, 1.807) is 12.3 Å². The summed E-state index contributed by atoms with van der Waals surface area (Å²) in [4.78, 5) is 21.9. The van der Waals surface area contributed by atoms with Crippen LogP contribution in [0.25, 0.3) is 5.82 Å². The lowest BCUT2D eigenvalue weighted by molar-refractivity contribution is -0.128. The maximum atomic E-state index is 13.2. The maximum Gasteiger partial charge on any atom is 0.223 e. The van der Waals surface area contributed by atoms with Gasteiger partial charge in [0.1, 0.15) is 5.82 Å². The zero-order valence-corrected chi connectivity index (χ0v) is 19.8. The van der Waals surface area contributed by atoms with Crippen molar-refractivity contribution in [3.05, 3.63) is 77.3 Å². The number of carbonyl (C=O) groups excluding carboxylic acids is 1. The van der Waals surface area contributed by atoms with E-state index in [0.29, 0.717) is 5.82 Å². The Kier molecular flexibility index (Phi) is 6.02. The van der Waals surface area contributed by atoms with Crippen LogP contribution < -0.4 is 10.6 Å². The summed E-state index contributed by atoms with van der Waals surface area (Å²) < 4.78 is 14.5. The van der Waals surface area contributed by atoms with Crippen LogP contribution in [0.4, 0.5) is 16.0 Å². The Balaban J connectivity index is 1.16. The molecule has 180 valence electrons. The zero-order valence-electron chi connectivity index (χ0n) is 19.8. The van der Waals surface area contributed by atoms with Crippen LogP contribution in [0.5, 0.6) is 0 Å². The van der Waals surface area contributed by atoms with Crippen molar-refractivity contribution in [2.75, 3.05) is 5.32 Å². The molecular weight excluding hydrogens is 447 g/mol. The second-order valence-electron chi connectivity index (χ2n) is 9.16. The van der Waals surface area contributed by atoms with Gasteiger partial charge in [0, 0.05) is 35.5 Å². The van der Waals surface area contributed by atoms with Crippen molar-refractivity contribution in [3.63, 3.8) is 0 Å². The number of aryl methyl sites for hydroxylation is 2. The molecule has 35 heavy (non-hydrogen) atoms. The molecular formula is C25H27FN8O. The first-order valence-corrected chi connectivity index (χ1v) is 11.6. The van der Waals surface area contributed by atoms with E-state index in [9.17, 15) is 9.18 Å². The summed E-state index contributed by atoms with van der Waals surface area (Å²) in [6.07, 6.45) is 5.60. The molecule has 0 aromatic carbocycles. The van der Waals surface area contributed by atoms with Crippen LogP contribution in [0.3, 0.4) is 0 Å². The molecule has 1 aliphatic carbocycles. The molecule has 1 saturated carbocycles. The van der Waals surface area contributed by atoms with Gasteiger partial charge in [-0.05, 0) is 62.9 Å². The van der Waals surface area contributed by atoms with Crippen LogP contribution in [-0.4, -0.2) is 35.9 Å². The molecule has 0 bridgehead atoms. The van der Waals surface area contributed by atoms with Gasteiger partial charge in [-0.15, -0.1) is 0 Å². The molecule has 0 spiro atoms. The fraction of sp³-hybridized carbons (Fsp3) is 0.320. The third-order valence-corrected chi connectivity index (χ3v) is 6.29. The molecule has 4 aromatic heterocycles. The van der Waals surface area contributed by atoms with Crippen LogP contribution >= 0.6 is 0 Å². The van der Waals surface area contributed by atoms with Gasteiger partial charge in [-0.1, -0.05) is 6.07 Å². The summed E-state index contributed by atoms with van der Waals surface area (Å²) in [5.74, 6) is 1.81. The highest BCUT2D eigenvalue weighted by molar-refractivity contribution is 5.80. The predicted molar refractivity (Wildman–Crippen MR) is 129 cm³/mol. The van der Waals surface area contributed by atoms with Gasteiger partial charge in [0.05, 0.1) is 18.4 Å². The van der Waals surface area contributed by atoms with E-state index >= 15 is 0 Å². The smallest absolute Gasteiger partial charge is 0.223 e. The number of H-pyrrole nitrogens is 1. The highest BCUT2D eigenvalue weighted by Crippen LogP contribution is 2.42. The summed E-state index contributed by atoms with van der Waals surface area (Å²) in [6.45, 7) is 5.91. The Bertz CT molecular complexity index is 1340. The van der Waals surface area contributed by atoms with Crippen molar-refractivity contribution in [1.82, 2.24) is 35.3 Å². The minimum atomic E-state index is -0.420. The molecule has 1 amide bonds. The van der Waals surface area contributed by atoms with E-state index in [1.165, 1.54) is 10.9 Å². The Morgan fingerprint density at radius 2 is 2.00 bits per heavy atom. The van der Waals surface area contributed by atoms with Crippen molar-refractivity contribution in [2.45, 2.75) is 45.6 Å². The maximum absolute atomic E-state index is 13.2. The summed E-state index contributed by atoms with van der Waals surface area (Å²) in [6, 6.07) is 9.42. The molecule has 1 aliphatic rings. The summed E-state index contributed by atoms with van der Waals surface area (Å²) >= 11 is 0. The lowest BCUT2D eigenvalue weighted by atomic mass is 9.72. The number of rotatable bonds is 7. The normalized spacial score (nSPS) is 18.1. The Morgan fingerprint density at radius 3 is 2.66 bits per heavy atom. The van der Waals surface area contributed by atoms with Gasteiger partial charge in [-0.2, -0.15) is 10.2 Å². The number of aromatic amines is 1. The first-order valence-electron chi connectivity index (χ1n) is 11.6. The molecule has 3 N–H and O–H groups in total. The number of hydrogen-bond acceptors (Lipinski definition) is 6. The second kappa shape index (κ2) is 9.28. The number of anilines is 2. The highest BCUT2D eigenvalue weighted by atomic mass is 19.1. The van der Waals surface area contributed by atoms with Crippen LogP contribution in [-0.2, 0) is 4.79 Å². The molecule has 1 fully saturated rings. The molecule has 10 heteroatoms. The monoisotopic (exact) mass is 474 g/mol. The van der Waals surface area contributed by atoms with Crippen LogP contribution in [0.2, 0.25) is 0 Å². The van der Waals surface area contributed by atoms with E-state index in [0.717, 1.165) is 53.2 Å². The molecule has 5 rings (SSSR count). The lowest BCUT2D eigenvalue weighted by Crippen LogP contribution is -2.39. The van der Waals surface area contributed by atoms with E-state index < -0.39 is 5.82 Å². The number of hydrogen-bond donors (Lipinski definition) is 3. The molecule has 1 atom stereocenters. The van der Waals surface area contributed by atoms with Gasteiger partial charge in [0.15, 0.2) is 17.5 Å². The van der Waals surface area contributed by atoms with Crippen molar-refractivity contribution in [3.8, 4) is 5.82 Å². The summed E-state index contributed by atoms with van der Waals surface area (Å²) in [5, 5.41) is 17.4. The van der Waals surface area contributed by atoms with Crippen molar-refractivity contribution in [1.29, 1.82) is 0 Å². The number of halogens is 1. The van der Waals surface area contributed by atoms with Gasteiger partial charge in [-0.25, -0.2) is 19.0 Å². The molecule has 0 saturated heterocycles. The third kappa shape index (κ3) is 5.06. The van der Waals surface area contributed by atoms with Crippen molar-refractivity contribution < 1.29 is 9.18 Å². The molecule has 9 nitrogen and oxygen atoms in total. The van der Waals surface area contributed by atoms with Gasteiger partial charge in [-0.3, -0.25) is 9.89 Å². The van der Waals surface area contributed by atoms with Crippen LogP contribution in [0.15, 0.2) is 48.9 Å². The molecule has 4 heterocycles. The van der Waals surface area contributed by atoms with Gasteiger partial charge >= 0.3 is 0 Å². The standard InChI is InChI=1S/C25H27FN8O/c1-14-6-21(30-22(7-14)31-23-8-15(2)32-33-23)18-9-19(10-18)25(35)29-16(3)17-4-5-24(27-11-17)34-13-20(26)12-28-34/h4-8,11-13,16,18-19H,9-10H2,1-3H3,(H,29,35)(H2,30,31,32,33)/t16-,18?,19?/m0/s1. The quantitative estimate of drug-likeness (QED) is 0.369. The Morgan fingerprint density at radius 1 is 1.17 bits per heavy atom. The SMILES string of the molecule is Cc1cc(Nc2cc(C)[nH]n2)nc(C2CC(C(=O)N[C@@H](C)c3ccc(-n4cc(F)cn4)nc3)C2)c1. The molecule has 0 radical (unpaired) electrons. The average molecular weight is 475 g/mol. The molecule has 4 aromatic rings. The summed E-state index contributed by atoms with van der Waals surface area (Å²) in [7, 11) is 0. The minimum Gasteiger partial charge on any atom is -0.349 e. The fourth-order valence-corrected chi connectivity index (χ4v) is 4.28. The Labute approximate surface area is 202 Å². The van der Waals surface area contributed by atoms with E-state index in [4.69, 9.17) is 4.98 Å². The van der Waals surface area contributed by atoms with E-state index in [1.807, 2.05) is 39.0 Å². The Hall–Kier alpha value is -4.08. The first kappa shape index (κ1) is 22.7. The number of aromatic nitrogens is 6. The second-order valence-corrected chi connectivity index (χ2v) is 9.16. The number of carbonyl (C=O) groups is 1. The highest BCUT2D eigenvalue weighted by Gasteiger charge is 2.36. The molecule has 0 unspecified atom stereocenters. The van der Waals surface area contributed by atoms with Crippen LogP contribution in [0.1, 0.15) is 54.2 Å². The minimum absolute atomic E-state index is 0.0324. The largest absolute Gasteiger partial charge is 0.349 e.